The number of anilines is 1. The Hall–Kier alpha value is -4.54. The number of rotatable bonds is 4. The molecule has 2 heterocycles. The highest BCUT2D eigenvalue weighted by Gasteiger charge is 2.48. The first kappa shape index (κ1) is 27.7. The molecule has 9 rings (SSSR count). The zero-order valence-electron chi connectivity index (χ0n) is 26.4. The molecule has 5 aromatic rings. The summed E-state index contributed by atoms with van der Waals surface area (Å²) < 4.78 is 18.7. The molecule has 0 radical (unpaired) electrons. The van der Waals surface area contributed by atoms with Gasteiger partial charge in [-0.2, -0.15) is 0 Å². The van der Waals surface area contributed by atoms with E-state index in [0.29, 0.717) is 0 Å². The van der Waals surface area contributed by atoms with Crippen molar-refractivity contribution in [2.75, 3.05) is 38.3 Å². The van der Waals surface area contributed by atoms with Gasteiger partial charge in [0.25, 0.3) is 0 Å². The van der Waals surface area contributed by atoms with E-state index in [9.17, 15) is 0 Å². The molecule has 2 fully saturated rings. The van der Waals surface area contributed by atoms with E-state index < -0.39 is 5.60 Å². The van der Waals surface area contributed by atoms with Gasteiger partial charge in [-0.15, -0.1) is 0 Å². The summed E-state index contributed by atoms with van der Waals surface area (Å²) in [5.74, 6) is 1.82. The topological polar surface area (TPSA) is 30.9 Å². The third-order valence-electron chi connectivity index (χ3n) is 11.0. The fraction of sp³-hybridized carbons (Fsp3) is 0.286. The minimum absolute atomic E-state index is 0.0198. The molecular weight excluding hydrogens is 566 g/mol. The maximum Gasteiger partial charge on any atom is 0.178 e. The van der Waals surface area contributed by atoms with Crippen molar-refractivity contribution in [3.05, 3.63) is 131 Å². The van der Waals surface area contributed by atoms with Gasteiger partial charge in [-0.25, -0.2) is 0 Å². The highest BCUT2D eigenvalue weighted by Crippen LogP contribution is 2.62. The molecule has 4 nitrogen and oxygen atoms in total. The van der Waals surface area contributed by atoms with Crippen LogP contribution in [-0.4, -0.2) is 33.4 Å². The maximum absolute atomic E-state index is 7.56. The second-order valence-corrected chi connectivity index (χ2v) is 13.3. The van der Waals surface area contributed by atoms with Crippen LogP contribution < -0.4 is 14.4 Å². The second-order valence-electron chi connectivity index (χ2n) is 13.3. The molecule has 0 bridgehead atoms. The van der Waals surface area contributed by atoms with Gasteiger partial charge in [0.2, 0.25) is 0 Å². The van der Waals surface area contributed by atoms with Crippen LogP contribution in [0.1, 0.15) is 59.9 Å². The highest BCUT2D eigenvalue weighted by atomic mass is 16.5. The molecule has 1 saturated carbocycles. The Balaban J connectivity index is 1.27. The molecule has 4 aliphatic rings. The quantitative estimate of drug-likeness (QED) is 0.204. The van der Waals surface area contributed by atoms with Gasteiger partial charge in [0.05, 0.1) is 20.3 Å². The van der Waals surface area contributed by atoms with Gasteiger partial charge in [-0.05, 0) is 70.8 Å². The average Bonchev–Trinajstić information content (AvgIpc) is 3.41. The molecule has 2 aliphatic carbocycles. The molecule has 2 aliphatic heterocycles. The predicted octanol–water partition coefficient (Wildman–Crippen LogP) is 9.27. The van der Waals surface area contributed by atoms with Crippen molar-refractivity contribution in [1.82, 2.24) is 0 Å². The summed E-state index contributed by atoms with van der Waals surface area (Å²) in [5, 5.41) is 2.46. The SMILES string of the molecule is COc1ccc(C2(c3ccc(N4CCOCC4)cc3)C=Cc3c4c(c5ccccc5c3O2)-c2ccccc2C42CCCCC2)cc1. The lowest BCUT2D eigenvalue weighted by molar-refractivity contribution is 0.122. The van der Waals surface area contributed by atoms with Crippen LogP contribution in [0.15, 0.2) is 103 Å². The van der Waals surface area contributed by atoms with Crippen LogP contribution in [0.3, 0.4) is 0 Å². The lowest BCUT2D eigenvalue weighted by Gasteiger charge is -2.41. The summed E-state index contributed by atoms with van der Waals surface area (Å²) in [7, 11) is 1.72. The van der Waals surface area contributed by atoms with Crippen molar-refractivity contribution in [2.24, 2.45) is 0 Å². The van der Waals surface area contributed by atoms with Gasteiger partial charge in [-0.1, -0.05) is 98.1 Å². The Morgan fingerprint density at radius 3 is 2.13 bits per heavy atom. The predicted molar refractivity (Wildman–Crippen MR) is 186 cm³/mol. The maximum atomic E-state index is 7.56. The van der Waals surface area contributed by atoms with Gasteiger partial charge in [0.1, 0.15) is 11.5 Å². The summed E-state index contributed by atoms with van der Waals surface area (Å²) in [6, 6.07) is 35.5. The summed E-state index contributed by atoms with van der Waals surface area (Å²) in [6.07, 6.45) is 10.9. The Kier molecular flexibility index (Phi) is 6.50. The van der Waals surface area contributed by atoms with Gasteiger partial charge < -0.3 is 19.1 Å². The molecule has 0 aromatic heterocycles. The largest absolute Gasteiger partial charge is 0.497 e. The normalized spacial score (nSPS) is 21.0. The van der Waals surface area contributed by atoms with Crippen molar-refractivity contribution in [3.63, 3.8) is 0 Å². The monoisotopic (exact) mass is 605 g/mol. The van der Waals surface area contributed by atoms with Crippen LogP contribution in [0.2, 0.25) is 0 Å². The molecule has 0 N–H and O–H groups in total. The highest BCUT2D eigenvalue weighted by molar-refractivity contribution is 6.08. The lowest BCUT2D eigenvalue weighted by atomic mass is 9.66. The van der Waals surface area contributed by atoms with Crippen molar-refractivity contribution in [1.29, 1.82) is 0 Å². The number of fused-ring (bicyclic) bond motifs is 10. The number of hydrogen-bond acceptors (Lipinski definition) is 4. The smallest absolute Gasteiger partial charge is 0.178 e. The number of ether oxygens (including phenoxy) is 3. The fourth-order valence-corrected chi connectivity index (χ4v) is 8.85. The average molecular weight is 606 g/mol. The number of morpholine rings is 1. The number of benzene rings is 5. The van der Waals surface area contributed by atoms with Crippen LogP contribution in [-0.2, 0) is 15.8 Å². The van der Waals surface area contributed by atoms with E-state index in [2.05, 4.69) is 102 Å². The molecule has 1 atom stereocenters. The second kappa shape index (κ2) is 10.8. The van der Waals surface area contributed by atoms with E-state index in [1.54, 1.807) is 7.11 Å². The third-order valence-corrected chi connectivity index (χ3v) is 11.0. The number of hydrogen-bond donors (Lipinski definition) is 0. The summed E-state index contributed by atoms with van der Waals surface area (Å²) >= 11 is 0. The van der Waals surface area contributed by atoms with Crippen LogP contribution in [0.5, 0.6) is 11.5 Å². The van der Waals surface area contributed by atoms with E-state index in [4.69, 9.17) is 14.2 Å². The molecule has 1 saturated heterocycles. The van der Waals surface area contributed by atoms with Crippen LogP contribution >= 0.6 is 0 Å². The van der Waals surface area contributed by atoms with Crippen LogP contribution in [0.25, 0.3) is 28.0 Å². The molecule has 230 valence electrons. The van der Waals surface area contributed by atoms with E-state index in [1.807, 2.05) is 12.1 Å². The van der Waals surface area contributed by atoms with Gasteiger partial charge in [0.15, 0.2) is 5.60 Å². The van der Waals surface area contributed by atoms with Gasteiger partial charge >= 0.3 is 0 Å². The van der Waals surface area contributed by atoms with E-state index in [0.717, 1.165) is 48.9 Å². The molecule has 1 unspecified atom stereocenters. The molecule has 4 heteroatoms. The molecular formula is C42H39NO3. The van der Waals surface area contributed by atoms with Crippen LogP contribution in [0.4, 0.5) is 5.69 Å². The first-order chi connectivity index (χ1) is 22.7. The molecule has 46 heavy (non-hydrogen) atoms. The van der Waals surface area contributed by atoms with E-state index >= 15 is 0 Å². The summed E-state index contributed by atoms with van der Waals surface area (Å²) in [4.78, 5) is 2.40. The number of nitrogens with zero attached hydrogens (tertiary/aromatic N) is 1. The Bertz CT molecular complexity index is 1960. The third kappa shape index (κ3) is 4.02. The minimum Gasteiger partial charge on any atom is -0.497 e. The van der Waals surface area contributed by atoms with Crippen molar-refractivity contribution in [3.8, 4) is 22.6 Å². The molecule has 1 spiro atoms. The fourth-order valence-electron chi connectivity index (χ4n) is 8.85. The summed E-state index contributed by atoms with van der Waals surface area (Å²) in [6.45, 7) is 3.35. The summed E-state index contributed by atoms with van der Waals surface area (Å²) in [5.41, 5.74) is 9.66. The Morgan fingerprint density at radius 1 is 0.717 bits per heavy atom. The number of methoxy groups -OCH3 is 1. The lowest BCUT2D eigenvalue weighted by Crippen LogP contribution is -2.37. The first-order valence-electron chi connectivity index (χ1n) is 16.9. The zero-order chi connectivity index (χ0) is 30.7. The standard InChI is InChI=1S/C42H39NO3/c1-44-32-19-15-30(16-20-32)42(29-13-17-31(18-14-29)43-25-27-45-28-26-43)24-21-36-39-38(33-9-3-4-10-34(33)40(36)46-42)35-11-5-6-12-37(35)41(39)22-7-2-8-23-41/h3-6,9-21,24H,2,7-8,22-23,25-28H2,1H3. The van der Waals surface area contributed by atoms with Crippen LogP contribution in [0, 0.1) is 0 Å². The molecule has 5 aromatic carbocycles. The Morgan fingerprint density at radius 2 is 1.39 bits per heavy atom. The van der Waals surface area contributed by atoms with E-state index in [-0.39, 0.29) is 5.41 Å². The van der Waals surface area contributed by atoms with Crippen molar-refractivity contribution in [2.45, 2.75) is 43.1 Å². The van der Waals surface area contributed by atoms with E-state index in [1.165, 1.54) is 76.4 Å². The Labute approximate surface area is 271 Å². The van der Waals surface area contributed by atoms with Crippen molar-refractivity contribution >= 4 is 22.5 Å². The van der Waals surface area contributed by atoms with Gasteiger partial charge in [0, 0.05) is 46.3 Å². The van der Waals surface area contributed by atoms with Gasteiger partial charge in [-0.3, -0.25) is 0 Å². The van der Waals surface area contributed by atoms with Crippen molar-refractivity contribution < 1.29 is 14.2 Å². The zero-order valence-corrected chi connectivity index (χ0v) is 26.4. The minimum atomic E-state index is -0.801. The molecule has 0 amide bonds. The first-order valence-corrected chi connectivity index (χ1v) is 16.9.